The van der Waals surface area contributed by atoms with Crippen molar-refractivity contribution in [3.63, 3.8) is 0 Å². The number of carbonyl (C=O) groups is 1. The molecule has 0 aliphatic heterocycles. The first-order valence-electron chi connectivity index (χ1n) is 8.28. The van der Waals surface area contributed by atoms with Gasteiger partial charge in [-0.2, -0.15) is 18.3 Å². The molecular weight excluding hydrogens is 375 g/mol. The van der Waals surface area contributed by atoms with Crippen molar-refractivity contribution in [1.29, 1.82) is 0 Å². The van der Waals surface area contributed by atoms with Gasteiger partial charge in [-0.3, -0.25) is 14.5 Å². The third kappa shape index (κ3) is 5.57. The van der Waals surface area contributed by atoms with E-state index in [-0.39, 0.29) is 6.61 Å². The fourth-order valence-electron chi connectivity index (χ4n) is 2.27. The molecule has 0 amide bonds. The summed E-state index contributed by atoms with van der Waals surface area (Å²) >= 11 is 0. The number of hydrogen-bond acceptors (Lipinski definition) is 5. The molecule has 6 nitrogen and oxygen atoms in total. The molecule has 3 rings (SSSR count). The van der Waals surface area contributed by atoms with Gasteiger partial charge in [0.2, 0.25) is 0 Å². The topological polar surface area (TPSA) is 66.2 Å². The van der Waals surface area contributed by atoms with Crippen LogP contribution in [0.3, 0.4) is 0 Å². The lowest BCUT2D eigenvalue weighted by atomic mass is 10.2. The summed E-state index contributed by atoms with van der Waals surface area (Å²) < 4.78 is 49.0. The van der Waals surface area contributed by atoms with E-state index in [0.717, 1.165) is 28.2 Å². The summed E-state index contributed by atoms with van der Waals surface area (Å²) in [6.45, 7) is -0.0763. The van der Waals surface area contributed by atoms with Crippen LogP contribution in [0.25, 0.3) is 0 Å². The number of nitrogens with zero attached hydrogens (tertiary/aromatic N) is 3. The van der Waals surface area contributed by atoms with Crippen LogP contribution in [-0.2, 0) is 35.5 Å². The maximum Gasteiger partial charge on any atom is 0.435 e. The molecule has 0 N–H and O–H groups in total. The lowest BCUT2D eigenvalue weighted by molar-refractivity contribution is -0.147. The standard InChI is InChI=1S/C19H16F3N3O3/c20-19(21,22)17-8-10-25(24-17)11-18(26)28-12-14-4-6-16(7-5-14)27-13-15-3-1-2-9-23-15/h1-10H,11-13H2. The summed E-state index contributed by atoms with van der Waals surface area (Å²) in [4.78, 5) is 15.9. The highest BCUT2D eigenvalue weighted by atomic mass is 19.4. The van der Waals surface area contributed by atoms with E-state index >= 15 is 0 Å². The van der Waals surface area contributed by atoms with E-state index in [4.69, 9.17) is 9.47 Å². The van der Waals surface area contributed by atoms with E-state index in [1.807, 2.05) is 18.2 Å². The first kappa shape index (κ1) is 19.4. The number of carbonyl (C=O) groups excluding carboxylic acids is 1. The van der Waals surface area contributed by atoms with Crippen molar-refractivity contribution in [3.8, 4) is 5.75 Å². The lowest BCUT2D eigenvalue weighted by Crippen LogP contribution is -2.15. The molecule has 0 radical (unpaired) electrons. The second-order valence-corrected chi connectivity index (χ2v) is 5.81. The van der Waals surface area contributed by atoms with Gasteiger partial charge in [0.1, 0.15) is 25.5 Å². The first-order valence-corrected chi connectivity index (χ1v) is 8.28. The highest BCUT2D eigenvalue weighted by Crippen LogP contribution is 2.27. The van der Waals surface area contributed by atoms with Gasteiger partial charge in [0, 0.05) is 12.4 Å². The van der Waals surface area contributed by atoms with E-state index in [2.05, 4.69) is 10.1 Å². The Morgan fingerprint density at radius 2 is 1.82 bits per heavy atom. The van der Waals surface area contributed by atoms with Crippen molar-refractivity contribution in [2.24, 2.45) is 0 Å². The average Bonchev–Trinajstić information content (AvgIpc) is 3.15. The van der Waals surface area contributed by atoms with Crippen molar-refractivity contribution in [3.05, 3.63) is 77.9 Å². The van der Waals surface area contributed by atoms with Crippen molar-refractivity contribution in [2.45, 2.75) is 25.9 Å². The largest absolute Gasteiger partial charge is 0.487 e. The molecule has 0 unspecified atom stereocenters. The van der Waals surface area contributed by atoms with Gasteiger partial charge in [0.15, 0.2) is 5.69 Å². The summed E-state index contributed by atoms with van der Waals surface area (Å²) in [5.41, 5.74) is 0.462. The van der Waals surface area contributed by atoms with E-state index in [1.165, 1.54) is 0 Å². The number of alkyl halides is 3. The molecule has 0 saturated carbocycles. The fraction of sp³-hybridized carbons (Fsp3) is 0.211. The number of benzene rings is 1. The molecule has 2 aromatic heterocycles. The second kappa shape index (κ2) is 8.55. The minimum absolute atomic E-state index is 0.00719. The van der Waals surface area contributed by atoms with Crippen molar-refractivity contribution >= 4 is 5.97 Å². The fourth-order valence-corrected chi connectivity index (χ4v) is 2.27. The highest BCUT2D eigenvalue weighted by molar-refractivity contribution is 5.69. The number of esters is 1. The van der Waals surface area contributed by atoms with Gasteiger partial charge >= 0.3 is 12.1 Å². The van der Waals surface area contributed by atoms with Gasteiger partial charge in [-0.15, -0.1) is 0 Å². The maximum atomic E-state index is 12.5. The normalized spacial score (nSPS) is 11.2. The predicted octanol–water partition coefficient (Wildman–Crippen LogP) is 3.62. The molecule has 3 aromatic rings. The Bertz CT molecular complexity index is 909. The quantitative estimate of drug-likeness (QED) is 0.576. The number of halogens is 3. The third-order valence-electron chi connectivity index (χ3n) is 3.66. The van der Waals surface area contributed by atoms with Crippen LogP contribution in [0.2, 0.25) is 0 Å². The molecule has 0 atom stereocenters. The monoisotopic (exact) mass is 391 g/mol. The Kier molecular flexibility index (Phi) is 5.93. The minimum atomic E-state index is -4.55. The summed E-state index contributed by atoms with van der Waals surface area (Å²) in [5.74, 6) is -0.0516. The molecule has 0 fully saturated rings. The van der Waals surface area contributed by atoms with Gasteiger partial charge in [0.05, 0.1) is 5.69 Å². The molecule has 0 aliphatic rings. The van der Waals surface area contributed by atoms with Crippen LogP contribution < -0.4 is 4.74 Å². The molecule has 28 heavy (non-hydrogen) atoms. The number of hydrogen-bond donors (Lipinski definition) is 0. The van der Waals surface area contributed by atoms with E-state index in [0.29, 0.717) is 12.4 Å². The van der Waals surface area contributed by atoms with Crippen LogP contribution in [-0.4, -0.2) is 20.7 Å². The maximum absolute atomic E-state index is 12.5. The van der Waals surface area contributed by atoms with Gasteiger partial charge in [-0.05, 0) is 35.9 Å². The average molecular weight is 391 g/mol. The van der Waals surface area contributed by atoms with Crippen LogP contribution >= 0.6 is 0 Å². The zero-order valence-electron chi connectivity index (χ0n) is 14.6. The molecule has 146 valence electrons. The number of aromatic nitrogens is 3. The Balaban J connectivity index is 1.45. The van der Waals surface area contributed by atoms with Gasteiger partial charge in [-0.1, -0.05) is 18.2 Å². The molecular formula is C19H16F3N3O3. The molecule has 9 heteroatoms. The molecule has 0 spiro atoms. The van der Waals surface area contributed by atoms with Crippen molar-refractivity contribution in [1.82, 2.24) is 14.8 Å². The Morgan fingerprint density at radius 3 is 2.46 bits per heavy atom. The molecule has 0 bridgehead atoms. The van der Waals surface area contributed by atoms with Crippen molar-refractivity contribution in [2.75, 3.05) is 0 Å². The SMILES string of the molecule is O=C(Cn1ccc(C(F)(F)F)n1)OCc1ccc(OCc2ccccn2)cc1. The lowest BCUT2D eigenvalue weighted by Gasteiger charge is -2.08. The van der Waals surface area contributed by atoms with Gasteiger partial charge in [0.25, 0.3) is 0 Å². The second-order valence-electron chi connectivity index (χ2n) is 5.81. The predicted molar refractivity (Wildman–Crippen MR) is 92.0 cm³/mol. The van der Waals surface area contributed by atoms with Crippen LogP contribution in [0.1, 0.15) is 17.0 Å². The number of ether oxygens (including phenoxy) is 2. The van der Waals surface area contributed by atoms with E-state index < -0.39 is 24.4 Å². The van der Waals surface area contributed by atoms with Crippen LogP contribution in [0.4, 0.5) is 13.2 Å². The highest BCUT2D eigenvalue weighted by Gasteiger charge is 2.33. The van der Waals surface area contributed by atoms with Crippen LogP contribution in [0.5, 0.6) is 5.75 Å². The number of pyridine rings is 1. The zero-order valence-corrected chi connectivity index (χ0v) is 14.6. The van der Waals surface area contributed by atoms with E-state index in [9.17, 15) is 18.0 Å². The minimum Gasteiger partial charge on any atom is -0.487 e. The van der Waals surface area contributed by atoms with E-state index in [1.54, 1.807) is 30.5 Å². The van der Waals surface area contributed by atoms with Gasteiger partial charge < -0.3 is 9.47 Å². The van der Waals surface area contributed by atoms with Crippen LogP contribution in [0.15, 0.2) is 60.9 Å². The van der Waals surface area contributed by atoms with Crippen molar-refractivity contribution < 1.29 is 27.4 Å². The Labute approximate surface area is 158 Å². The zero-order chi connectivity index (χ0) is 20.0. The first-order chi connectivity index (χ1) is 13.4. The summed E-state index contributed by atoms with van der Waals surface area (Å²) in [5, 5.41) is 3.30. The molecule has 0 aliphatic carbocycles. The Hall–Kier alpha value is -3.36. The van der Waals surface area contributed by atoms with Gasteiger partial charge in [-0.25, -0.2) is 0 Å². The smallest absolute Gasteiger partial charge is 0.435 e. The van der Waals surface area contributed by atoms with Crippen LogP contribution in [0, 0.1) is 0 Å². The molecule has 0 saturated heterocycles. The summed E-state index contributed by atoms with van der Waals surface area (Å²) in [7, 11) is 0. The molecule has 1 aromatic carbocycles. The molecule has 2 heterocycles. The summed E-state index contributed by atoms with van der Waals surface area (Å²) in [6, 6.07) is 13.3. The Morgan fingerprint density at radius 1 is 1.04 bits per heavy atom. The summed E-state index contributed by atoms with van der Waals surface area (Å²) in [6.07, 6.45) is -1.78. The third-order valence-corrected chi connectivity index (χ3v) is 3.66. The number of rotatable bonds is 7.